The third kappa shape index (κ3) is 3.34. The topological polar surface area (TPSA) is 17.1 Å². The molecular formula is C15H11Cl2FO. The lowest BCUT2D eigenvalue weighted by Gasteiger charge is -2.05. The van der Waals surface area contributed by atoms with Crippen LogP contribution in [-0.2, 0) is 6.42 Å². The Labute approximate surface area is 121 Å². The van der Waals surface area contributed by atoms with Crippen molar-refractivity contribution in [2.75, 3.05) is 0 Å². The number of Topliss-reactive ketones (excluding diaryl/α,β-unsaturated/α-hetero) is 1. The highest BCUT2D eigenvalue weighted by molar-refractivity contribution is 6.34. The molecule has 4 heteroatoms. The Kier molecular flexibility index (Phi) is 4.23. The van der Waals surface area contributed by atoms with Crippen LogP contribution in [0.1, 0.15) is 21.5 Å². The normalized spacial score (nSPS) is 10.5. The molecule has 0 aliphatic heterocycles. The van der Waals surface area contributed by atoms with Crippen LogP contribution < -0.4 is 0 Å². The lowest BCUT2D eigenvalue weighted by molar-refractivity contribution is 0.0993. The van der Waals surface area contributed by atoms with Crippen molar-refractivity contribution in [2.24, 2.45) is 0 Å². The van der Waals surface area contributed by atoms with Crippen LogP contribution in [0.2, 0.25) is 10.0 Å². The van der Waals surface area contributed by atoms with Crippen molar-refractivity contribution in [3.8, 4) is 0 Å². The van der Waals surface area contributed by atoms with Crippen LogP contribution in [-0.4, -0.2) is 5.78 Å². The maximum absolute atomic E-state index is 13.3. The monoisotopic (exact) mass is 296 g/mol. The predicted octanol–water partition coefficient (Wildman–Crippen LogP) is 4.87. The number of aryl methyl sites for hydroxylation is 1. The van der Waals surface area contributed by atoms with Crippen LogP contribution in [0.3, 0.4) is 0 Å². The molecule has 0 bridgehead atoms. The zero-order valence-electron chi connectivity index (χ0n) is 10.2. The molecule has 0 fully saturated rings. The molecule has 0 radical (unpaired) electrons. The fourth-order valence-corrected chi connectivity index (χ4v) is 2.23. The van der Waals surface area contributed by atoms with Crippen LogP contribution in [0, 0.1) is 12.7 Å². The van der Waals surface area contributed by atoms with Gasteiger partial charge < -0.3 is 0 Å². The van der Waals surface area contributed by atoms with Crippen molar-refractivity contribution in [2.45, 2.75) is 13.3 Å². The van der Waals surface area contributed by atoms with E-state index in [-0.39, 0.29) is 17.2 Å². The van der Waals surface area contributed by atoms with E-state index >= 15 is 0 Å². The Balaban J connectivity index is 2.23. The average molecular weight is 297 g/mol. The van der Waals surface area contributed by atoms with E-state index < -0.39 is 5.82 Å². The molecule has 0 saturated carbocycles. The summed E-state index contributed by atoms with van der Waals surface area (Å²) >= 11 is 11.6. The molecule has 0 N–H and O–H groups in total. The van der Waals surface area contributed by atoms with E-state index in [9.17, 15) is 9.18 Å². The maximum atomic E-state index is 13.3. The highest BCUT2D eigenvalue weighted by atomic mass is 35.5. The van der Waals surface area contributed by atoms with Gasteiger partial charge in [-0.25, -0.2) is 4.39 Å². The van der Waals surface area contributed by atoms with Crippen molar-refractivity contribution in [3.63, 3.8) is 0 Å². The van der Waals surface area contributed by atoms with E-state index in [1.165, 1.54) is 12.1 Å². The average Bonchev–Trinajstić information content (AvgIpc) is 2.33. The first-order chi connectivity index (χ1) is 8.97. The number of halogens is 3. The zero-order valence-corrected chi connectivity index (χ0v) is 11.7. The molecule has 0 unspecified atom stereocenters. The first kappa shape index (κ1) is 14.0. The molecule has 2 aromatic rings. The molecule has 0 aliphatic rings. The Hall–Kier alpha value is -1.38. The molecule has 98 valence electrons. The van der Waals surface area contributed by atoms with E-state index in [1.807, 2.05) is 13.0 Å². The minimum atomic E-state index is -0.526. The minimum absolute atomic E-state index is 0.0459. The largest absolute Gasteiger partial charge is 0.294 e. The first-order valence-electron chi connectivity index (χ1n) is 5.70. The van der Waals surface area contributed by atoms with Crippen molar-refractivity contribution in [1.29, 1.82) is 0 Å². The summed E-state index contributed by atoms with van der Waals surface area (Å²) in [6.07, 6.45) is 0.0941. The van der Waals surface area contributed by atoms with Gasteiger partial charge in [-0.1, -0.05) is 35.3 Å². The molecule has 0 saturated heterocycles. The van der Waals surface area contributed by atoms with Gasteiger partial charge in [0.05, 0.1) is 10.0 Å². The summed E-state index contributed by atoms with van der Waals surface area (Å²) in [5.41, 5.74) is 2.00. The summed E-state index contributed by atoms with van der Waals surface area (Å²) in [5.74, 6) is -0.673. The Bertz CT molecular complexity index is 638. The molecule has 0 atom stereocenters. The molecule has 1 nitrogen and oxygen atoms in total. The SMILES string of the molecule is Cc1ccc(C(=O)Cc2ccc(Cl)c(F)c2)c(Cl)c1. The van der Waals surface area contributed by atoms with Gasteiger partial charge in [0, 0.05) is 12.0 Å². The summed E-state index contributed by atoms with van der Waals surface area (Å²) in [5, 5.41) is 0.462. The van der Waals surface area contributed by atoms with Crippen molar-refractivity contribution in [1.82, 2.24) is 0 Å². The highest BCUT2D eigenvalue weighted by Crippen LogP contribution is 2.21. The summed E-state index contributed by atoms with van der Waals surface area (Å²) in [7, 11) is 0. The van der Waals surface area contributed by atoms with E-state index in [1.54, 1.807) is 18.2 Å². The summed E-state index contributed by atoms with van der Waals surface area (Å²) in [6, 6.07) is 9.58. The number of benzene rings is 2. The van der Waals surface area contributed by atoms with Crippen molar-refractivity contribution >= 4 is 29.0 Å². The zero-order chi connectivity index (χ0) is 14.0. The molecule has 0 aliphatic carbocycles. The minimum Gasteiger partial charge on any atom is -0.294 e. The quantitative estimate of drug-likeness (QED) is 0.739. The number of carbonyl (C=O) groups is 1. The molecule has 0 heterocycles. The molecular weight excluding hydrogens is 286 g/mol. The van der Waals surface area contributed by atoms with Gasteiger partial charge >= 0.3 is 0 Å². The van der Waals surface area contributed by atoms with Gasteiger partial charge in [0.25, 0.3) is 0 Å². The first-order valence-corrected chi connectivity index (χ1v) is 6.46. The Morgan fingerprint density at radius 2 is 1.84 bits per heavy atom. The van der Waals surface area contributed by atoms with Gasteiger partial charge in [0.15, 0.2) is 5.78 Å². The second kappa shape index (κ2) is 5.72. The third-order valence-corrected chi connectivity index (χ3v) is 3.39. The van der Waals surface area contributed by atoms with Gasteiger partial charge in [0.2, 0.25) is 0 Å². The van der Waals surface area contributed by atoms with E-state index in [2.05, 4.69) is 0 Å². The highest BCUT2D eigenvalue weighted by Gasteiger charge is 2.12. The van der Waals surface area contributed by atoms with Crippen LogP contribution in [0.5, 0.6) is 0 Å². The van der Waals surface area contributed by atoms with Crippen LogP contribution in [0.25, 0.3) is 0 Å². The summed E-state index contributed by atoms with van der Waals surface area (Å²) in [4.78, 5) is 12.1. The van der Waals surface area contributed by atoms with Crippen LogP contribution in [0.4, 0.5) is 4.39 Å². The molecule has 0 amide bonds. The van der Waals surface area contributed by atoms with E-state index in [0.717, 1.165) is 5.56 Å². The fourth-order valence-electron chi connectivity index (χ4n) is 1.78. The number of hydrogen-bond acceptors (Lipinski definition) is 1. The maximum Gasteiger partial charge on any atom is 0.168 e. The predicted molar refractivity (Wildman–Crippen MR) is 75.6 cm³/mol. The third-order valence-electron chi connectivity index (χ3n) is 2.77. The van der Waals surface area contributed by atoms with Gasteiger partial charge in [-0.05, 0) is 42.3 Å². The molecule has 19 heavy (non-hydrogen) atoms. The summed E-state index contributed by atoms with van der Waals surface area (Å²) < 4.78 is 13.3. The molecule has 2 aromatic carbocycles. The second-order valence-electron chi connectivity index (χ2n) is 4.33. The molecule has 2 rings (SSSR count). The number of ketones is 1. The van der Waals surface area contributed by atoms with Gasteiger partial charge in [-0.15, -0.1) is 0 Å². The lowest BCUT2D eigenvalue weighted by atomic mass is 10.0. The number of hydrogen-bond donors (Lipinski definition) is 0. The van der Waals surface area contributed by atoms with Gasteiger partial charge in [0.1, 0.15) is 5.82 Å². The molecule has 0 aromatic heterocycles. The van der Waals surface area contributed by atoms with Crippen LogP contribution in [0.15, 0.2) is 36.4 Å². The fraction of sp³-hybridized carbons (Fsp3) is 0.133. The smallest absolute Gasteiger partial charge is 0.168 e. The summed E-state index contributed by atoms with van der Waals surface area (Å²) in [6.45, 7) is 1.90. The number of rotatable bonds is 3. The van der Waals surface area contributed by atoms with Gasteiger partial charge in [-0.2, -0.15) is 0 Å². The number of carbonyl (C=O) groups excluding carboxylic acids is 1. The Morgan fingerprint density at radius 3 is 2.47 bits per heavy atom. The standard InChI is InChI=1S/C15H11Cl2FO/c1-9-2-4-11(13(17)6-9)15(19)8-10-3-5-12(16)14(18)7-10/h2-7H,8H2,1H3. The van der Waals surface area contributed by atoms with Crippen molar-refractivity contribution < 1.29 is 9.18 Å². The van der Waals surface area contributed by atoms with E-state index in [0.29, 0.717) is 16.1 Å². The lowest BCUT2D eigenvalue weighted by Crippen LogP contribution is -2.04. The van der Waals surface area contributed by atoms with Crippen molar-refractivity contribution in [3.05, 3.63) is 69.0 Å². The second-order valence-corrected chi connectivity index (χ2v) is 5.15. The van der Waals surface area contributed by atoms with E-state index in [4.69, 9.17) is 23.2 Å². The van der Waals surface area contributed by atoms with Crippen LogP contribution >= 0.6 is 23.2 Å². The Morgan fingerprint density at radius 1 is 1.11 bits per heavy atom. The molecule has 0 spiro atoms. The van der Waals surface area contributed by atoms with Gasteiger partial charge in [-0.3, -0.25) is 4.79 Å².